The summed E-state index contributed by atoms with van der Waals surface area (Å²) in [5.74, 6) is 1.30. The first kappa shape index (κ1) is 10.8. The van der Waals surface area contributed by atoms with Crippen LogP contribution in [0.5, 0.6) is 11.5 Å². The quantitative estimate of drug-likeness (QED) is 0.734. The Balaban J connectivity index is 2.33. The largest absolute Gasteiger partial charge is 0.497 e. The number of esters is 1. The predicted molar refractivity (Wildman–Crippen MR) is 57.6 cm³/mol. The summed E-state index contributed by atoms with van der Waals surface area (Å²) in [6, 6.07) is 5.49. The molecule has 0 aromatic heterocycles. The van der Waals surface area contributed by atoms with Crippen LogP contribution in [0.25, 0.3) is 0 Å². The number of carbonyl (C=O) groups is 1. The molecule has 1 heterocycles. The molecule has 0 aliphatic carbocycles. The Morgan fingerprint density at radius 3 is 2.69 bits per heavy atom. The average molecular weight is 222 g/mol. The minimum absolute atomic E-state index is 0.158. The highest BCUT2D eigenvalue weighted by Gasteiger charge is 2.27. The van der Waals surface area contributed by atoms with Crippen LogP contribution in [0.3, 0.4) is 0 Å². The molecule has 1 aromatic rings. The normalized spacial score (nSPS) is 19.4. The Labute approximate surface area is 94.1 Å². The third-order valence-corrected chi connectivity index (χ3v) is 2.67. The Hall–Kier alpha value is -1.71. The molecule has 1 aliphatic rings. The van der Waals surface area contributed by atoms with Crippen molar-refractivity contribution in [3.63, 3.8) is 0 Å². The van der Waals surface area contributed by atoms with E-state index in [0.717, 1.165) is 17.1 Å². The van der Waals surface area contributed by atoms with E-state index >= 15 is 0 Å². The molecular formula is C12H14O4. The summed E-state index contributed by atoms with van der Waals surface area (Å²) in [4.78, 5) is 11.1. The van der Waals surface area contributed by atoms with Crippen LogP contribution in [0.15, 0.2) is 18.2 Å². The molecule has 4 nitrogen and oxygen atoms in total. The molecule has 0 N–H and O–H groups in total. The van der Waals surface area contributed by atoms with Crippen molar-refractivity contribution in [2.75, 3.05) is 14.2 Å². The number of methoxy groups -OCH3 is 2. The molecule has 2 rings (SSSR count). The first-order valence-electron chi connectivity index (χ1n) is 5.16. The highest BCUT2D eigenvalue weighted by atomic mass is 16.6. The Morgan fingerprint density at radius 1 is 1.31 bits per heavy atom. The van der Waals surface area contributed by atoms with Gasteiger partial charge in [-0.25, -0.2) is 0 Å². The van der Waals surface area contributed by atoms with Crippen molar-refractivity contribution >= 4 is 5.97 Å². The van der Waals surface area contributed by atoms with Gasteiger partial charge in [-0.1, -0.05) is 0 Å². The summed E-state index contributed by atoms with van der Waals surface area (Å²) < 4.78 is 15.6. The summed E-state index contributed by atoms with van der Waals surface area (Å²) in [5, 5.41) is 0. The fourth-order valence-electron chi connectivity index (χ4n) is 1.84. The summed E-state index contributed by atoms with van der Waals surface area (Å²) in [7, 11) is 3.20. The molecule has 4 heteroatoms. The number of benzene rings is 1. The summed E-state index contributed by atoms with van der Waals surface area (Å²) >= 11 is 0. The van der Waals surface area contributed by atoms with Gasteiger partial charge in [0.1, 0.15) is 17.6 Å². The molecule has 0 amide bonds. The lowest BCUT2D eigenvalue weighted by Gasteiger charge is -2.14. The summed E-state index contributed by atoms with van der Waals surface area (Å²) in [6.07, 6.45) is 0.950. The second-order valence-corrected chi connectivity index (χ2v) is 3.63. The number of ether oxygens (including phenoxy) is 3. The van der Waals surface area contributed by atoms with Gasteiger partial charge in [-0.2, -0.15) is 0 Å². The van der Waals surface area contributed by atoms with Crippen LogP contribution in [-0.2, 0) is 9.53 Å². The van der Waals surface area contributed by atoms with Crippen molar-refractivity contribution in [1.82, 2.24) is 0 Å². The zero-order valence-electron chi connectivity index (χ0n) is 9.36. The molecule has 1 saturated heterocycles. The molecule has 1 fully saturated rings. The van der Waals surface area contributed by atoms with E-state index in [1.165, 1.54) is 0 Å². The van der Waals surface area contributed by atoms with Gasteiger partial charge in [0.15, 0.2) is 0 Å². The lowest BCUT2D eigenvalue weighted by Crippen LogP contribution is -2.02. The average Bonchev–Trinajstić information content (AvgIpc) is 2.75. The number of hydrogen-bond acceptors (Lipinski definition) is 4. The fraction of sp³-hybridized carbons (Fsp3) is 0.417. The Bertz CT molecular complexity index is 400. The zero-order chi connectivity index (χ0) is 11.5. The molecule has 1 aromatic carbocycles. The monoisotopic (exact) mass is 222 g/mol. The van der Waals surface area contributed by atoms with Crippen LogP contribution in [0.4, 0.5) is 0 Å². The molecule has 1 atom stereocenters. The van der Waals surface area contributed by atoms with Crippen molar-refractivity contribution < 1.29 is 19.0 Å². The first-order valence-corrected chi connectivity index (χ1v) is 5.16. The van der Waals surface area contributed by atoms with Crippen molar-refractivity contribution in [3.05, 3.63) is 23.8 Å². The van der Waals surface area contributed by atoms with Crippen LogP contribution in [0.1, 0.15) is 24.5 Å². The van der Waals surface area contributed by atoms with Gasteiger partial charge in [-0.15, -0.1) is 0 Å². The van der Waals surface area contributed by atoms with Gasteiger partial charge >= 0.3 is 5.97 Å². The van der Waals surface area contributed by atoms with Crippen LogP contribution in [-0.4, -0.2) is 20.2 Å². The summed E-state index contributed by atoms with van der Waals surface area (Å²) in [6.45, 7) is 0. The highest BCUT2D eigenvalue weighted by molar-refractivity contribution is 5.72. The van der Waals surface area contributed by atoms with Crippen molar-refractivity contribution in [2.45, 2.75) is 18.9 Å². The number of carbonyl (C=O) groups excluding carboxylic acids is 1. The fourth-order valence-corrected chi connectivity index (χ4v) is 1.84. The molecule has 0 saturated carbocycles. The van der Waals surface area contributed by atoms with Gasteiger partial charge in [0.25, 0.3) is 0 Å². The SMILES string of the molecule is COc1ccc(OC)c([C@H]2CCC(=O)O2)c1. The maximum atomic E-state index is 11.1. The number of hydrogen-bond donors (Lipinski definition) is 0. The maximum Gasteiger partial charge on any atom is 0.306 e. The first-order chi connectivity index (χ1) is 7.74. The standard InChI is InChI=1S/C12H14O4/c1-14-8-3-4-10(15-2)9(7-8)11-5-6-12(13)16-11/h3-4,7,11H,5-6H2,1-2H3/t11-/m1/s1. The lowest BCUT2D eigenvalue weighted by atomic mass is 10.1. The third-order valence-electron chi connectivity index (χ3n) is 2.67. The van der Waals surface area contributed by atoms with Crippen LogP contribution in [0, 0.1) is 0 Å². The predicted octanol–water partition coefficient (Wildman–Crippen LogP) is 2.08. The molecule has 0 spiro atoms. The maximum absolute atomic E-state index is 11.1. The van der Waals surface area contributed by atoms with E-state index in [-0.39, 0.29) is 12.1 Å². The van der Waals surface area contributed by atoms with E-state index in [1.807, 2.05) is 18.2 Å². The van der Waals surface area contributed by atoms with E-state index < -0.39 is 0 Å². The molecule has 0 radical (unpaired) electrons. The molecule has 86 valence electrons. The van der Waals surface area contributed by atoms with Crippen molar-refractivity contribution in [3.8, 4) is 11.5 Å². The minimum Gasteiger partial charge on any atom is -0.497 e. The van der Waals surface area contributed by atoms with Gasteiger partial charge in [0.05, 0.1) is 14.2 Å². The van der Waals surface area contributed by atoms with E-state index in [2.05, 4.69) is 0 Å². The summed E-state index contributed by atoms with van der Waals surface area (Å²) in [5.41, 5.74) is 0.868. The topological polar surface area (TPSA) is 44.8 Å². The molecule has 0 bridgehead atoms. The highest BCUT2D eigenvalue weighted by Crippen LogP contribution is 2.37. The smallest absolute Gasteiger partial charge is 0.306 e. The van der Waals surface area contributed by atoms with Crippen LogP contribution in [0.2, 0.25) is 0 Å². The van der Waals surface area contributed by atoms with E-state index in [4.69, 9.17) is 14.2 Å². The third kappa shape index (κ3) is 1.96. The van der Waals surface area contributed by atoms with Gasteiger partial charge in [0.2, 0.25) is 0 Å². The van der Waals surface area contributed by atoms with Gasteiger partial charge in [-0.05, 0) is 24.6 Å². The number of cyclic esters (lactones) is 1. The molecule has 1 aliphatic heterocycles. The van der Waals surface area contributed by atoms with Crippen LogP contribution >= 0.6 is 0 Å². The molecular weight excluding hydrogens is 208 g/mol. The molecule has 0 unspecified atom stereocenters. The van der Waals surface area contributed by atoms with Gasteiger partial charge in [-0.3, -0.25) is 4.79 Å². The second-order valence-electron chi connectivity index (χ2n) is 3.63. The van der Waals surface area contributed by atoms with E-state index in [0.29, 0.717) is 12.8 Å². The second kappa shape index (κ2) is 4.43. The minimum atomic E-state index is -0.211. The lowest BCUT2D eigenvalue weighted by molar-refractivity contribution is -0.141. The number of rotatable bonds is 3. The Kier molecular flexibility index (Phi) is 2.99. The van der Waals surface area contributed by atoms with Crippen molar-refractivity contribution in [2.24, 2.45) is 0 Å². The zero-order valence-corrected chi connectivity index (χ0v) is 9.36. The van der Waals surface area contributed by atoms with E-state index in [9.17, 15) is 4.79 Å². The van der Waals surface area contributed by atoms with Gasteiger partial charge in [0, 0.05) is 12.0 Å². The van der Waals surface area contributed by atoms with Crippen LogP contribution < -0.4 is 9.47 Å². The molecule has 16 heavy (non-hydrogen) atoms. The Morgan fingerprint density at radius 2 is 2.12 bits per heavy atom. The van der Waals surface area contributed by atoms with Gasteiger partial charge < -0.3 is 14.2 Å². The van der Waals surface area contributed by atoms with E-state index in [1.54, 1.807) is 14.2 Å². The van der Waals surface area contributed by atoms with Crippen molar-refractivity contribution in [1.29, 1.82) is 0 Å².